The molecular weight excluding hydrogens is 400 g/mol. The van der Waals surface area contributed by atoms with E-state index in [1.807, 2.05) is 32.0 Å². The van der Waals surface area contributed by atoms with Crippen LogP contribution in [-0.2, 0) is 9.59 Å². The largest absolute Gasteiger partial charge is 0.484 e. The molecule has 1 aromatic heterocycles. The van der Waals surface area contributed by atoms with Gasteiger partial charge in [0, 0.05) is 32.2 Å². The average Bonchev–Trinajstić information content (AvgIpc) is 3.22. The van der Waals surface area contributed by atoms with Crippen molar-refractivity contribution < 1.29 is 23.6 Å². The second kappa shape index (κ2) is 10.1. The number of carbonyl (C=O) groups excluding carboxylic acids is 3. The van der Waals surface area contributed by atoms with Crippen molar-refractivity contribution in [3.8, 4) is 5.75 Å². The minimum atomic E-state index is -0.661. The molecule has 0 aliphatic carbocycles. The van der Waals surface area contributed by atoms with Gasteiger partial charge < -0.3 is 24.4 Å². The zero-order chi connectivity index (χ0) is 22.4. The van der Waals surface area contributed by atoms with E-state index in [1.54, 1.807) is 34.9 Å². The molecule has 0 spiro atoms. The van der Waals surface area contributed by atoms with Crippen LogP contribution in [0.5, 0.6) is 5.75 Å². The average molecular weight is 428 g/mol. The Morgan fingerprint density at radius 3 is 2.32 bits per heavy atom. The number of aromatic nitrogens is 1. The van der Waals surface area contributed by atoms with Crippen LogP contribution in [0.3, 0.4) is 0 Å². The number of hydrogen-bond acceptors (Lipinski definition) is 6. The van der Waals surface area contributed by atoms with Gasteiger partial charge in [-0.15, -0.1) is 0 Å². The van der Waals surface area contributed by atoms with Gasteiger partial charge in [-0.05, 0) is 25.0 Å². The monoisotopic (exact) mass is 428 g/mol. The molecule has 3 amide bonds. The molecule has 0 radical (unpaired) electrons. The molecule has 3 rings (SSSR count). The van der Waals surface area contributed by atoms with E-state index < -0.39 is 6.04 Å². The van der Waals surface area contributed by atoms with Gasteiger partial charge in [0.1, 0.15) is 11.8 Å². The lowest BCUT2D eigenvalue weighted by atomic mass is 10.0. The van der Waals surface area contributed by atoms with Crippen LogP contribution in [-0.4, -0.2) is 71.5 Å². The standard InChI is InChI=1S/C22H28N4O5/c1-15(2)20(23-19(27)14-30-17-7-5-4-6-8-17)22(29)26-11-9-25(10-12-26)21(28)18-13-16(3)24-31-18/h4-8,13,15,20H,9-12,14H2,1-3H3,(H,23,27). The number of aryl methyl sites for hydroxylation is 1. The summed E-state index contributed by atoms with van der Waals surface area (Å²) in [6.07, 6.45) is 0. The fraction of sp³-hybridized carbons (Fsp3) is 0.455. The number of rotatable bonds is 7. The molecule has 31 heavy (non-hydrogen) atoms. The topological polar surface area (TPSA) is 105 Å². The van der Waals surface area contributed by atoms with Crippen molar-refractivity contribution >= 4 is 17.7 Å². The molecule has 2 heterocycles. The van der Waals surface area contributed by atoms with Gasteiger partial charge in [0.15, 0.2) is 6.61 Å². The zero-order valence-corrected chi connectivity index (χ0v) is 18.0. The van der Waals surface area contributed by atoms with Gasteiger partial charge in [-0.3, -0.25) is 14.4 Å². The van der Waals surface area contributed by atoms with Gasteiger partial charge in [0.2, 0.25) is 11.7 Å². The molecule has 166 valence electrons. The quantitative estimate of drug-likeness (QED) is 0.716. The van der Waals surface area contributed by atoms with Crippen LogP contribution in [0.25, 0.3) is 0 Å². The molecule has 1 N–H and O–H groups in total. The number of para-hydroxylation sites is 1. The summed E-state index contributed by atoms with van der Waals surface area (Å²) >= 11 is 0. The van der Waals surface area contributed by atoms with E-state index in [9.17, 15) is 14.4 Å². The molecule has 1 aliphatic heterocycles. The van der Waals surface area contributed by atoms with E-state index in [1.165, 1.54) is 0 Å². The van der Waals surface area contributed by atoms with Crippen molar-refractivity contribution in [2.75, 3.05) is 32.8 Å². The van der Waals surface area contributed by atoms with Crippen molar-refractivity contribution in [3.05, 3.63) is 47.9 Å². The first-order valence-electron chi connectivity index (χ1n) is 10.3. The third kappa shape index (κ3) is 5.84. The number of hydrogen-bond donors (Lipinski definition) is 1. The Morgan fingerprint density at radius 1 is 1.10 bits per heavy atom. The van der Waals surface area contributed by atoms with Crippen LogP contribution in [0, 0.1) is 12.8 Å². The second-order valence-electron chi connectivity index (χ2n) is 7.84. The maximum Gasteiger partial charge on any atom is 0.292 e. The number of ether oxygens (including phenoxy) is 1. The first-order chi connectivity index (χ1) is 14.8. The van der Waals surface area contributed by atoms with Crippen LogP contribution in [0.15, 0.2) is 40.9 Å². The Morgan fingerprint density at radius 2 is 1.74 bits per heavy atom. The van der Waals surface area contributed by atoms with E-state index >= 15 is 0 Å². The summed E-state index contributed by atoms with van der Waals surface area (Å²) < 4.78 is 10.5. The predicted molar refractivity (Wildman–Crippen MR) is 112 cm³/mol. The molecule has 2 aromatic rings. The van der Waals surface area contributed by atoms with Crippen molar-refractivity contribution in [2.24, 2.45) is 5.92 Å². The van der Waals surface area contributed by atoms with E-state index in [0.717, 1.165) is 0 Å². The molecule has 9 nitrogen and oxygen atoms in total. The lowest BCUT2D eigenvalue weighted by Crippen LogP contribution is -2.57. The molecule has 1 atom stereocenters. The fourth-order valence-corrected chi connectivity index (χ4v) is 3.34. The van der Waals surface area contributed by atoms with Crippen LogP contribution < -0.4 is 10.1 Å². The Labute approximate surface area is 181 Å². The minimum Gasteiger partial charge on any atom is -0.484 e. The highest BCUT2D eigenvalue weighted by molar-refractivity contribution is 5.92. The van der Waals surface area contributed by atoms with E-state index in [-0.39, 0.29) is 36.0 Å². The van der Waals surface area contributed by atoms with Crippen molar-refractivity contribution in [1.82, 2.24) is 20.3 Å². The Hall–Kier alpha value is -3.36. The number of piperazine rings is 1. The molecule has 1 aliphatic rings. The predicted octanol–water partition coefficient (Wildman–Crippen LogP) is 1.49. The molecule has 0 bridgehead atoms. The third-order valence-corrected chi connectivity index (χ3v) is 5.08. The van der Waals surface area contributed by atoms with Crippen molar-refractivity contribution in [2.45, 2.75) is 26.8 Å². The van der Waals surface area contributed by atoms with Gasteiger partial charge in [0.05, 0.1) is 5.69 Å². The molecule has 1 saturated heterocycles. The van der Waals surface area contributed by atoms with Crippen molar-refractivity contribution in [3.63, 3.8) is 0 Å². The zero-order valence-electron chi connectivity index (χ0n) is 18.0. The van der Waals surface area contributed by atoms with Gasteiger partial charge in [-0.25, -0.2) is 0 Å². The molecule has 1 fully saturated rings. The minimum absolute atomic E-state index is 0.0926. The maximum absolute atomic E-state index is 13.0. The highest BCUT2D eigenvalue weighted by Crippen LogP contribution is 2.13. The van der Waals surface area contributed by atoms with Gasteiger partial charge in [0.25, 0.3) is 11.8 Å². The number of amides is 3. The van der Waals surface area contributed by atoms with Gasteiger partial charge in [-0.2, -0.15) is 0 Å². The third-order valence-electron chi connectivity index (χ3n) is 5.08. The SMILES string of the molecule is Cc1cc(C(=O)N2CCN(C(=O)C(NC(=O)COc3ccccc3)C(C)C)CC2)on1. The Balaban J connectivity index is 1.52. The number of nitrogens with one attached hydrogen (secondary N) is 1. The summed E-state index contributed by atoms with van der Waals surface area (Å²) in [4.78, 5) is 41.2. The van der Waals surface area contributed by atoms with Crippen LogP contribution in [0.1, 0.15) is 30.1 Å². The fourth-order valence-electron chi connectivity index (χ4n) is 3.34. The van der Waals surface area contributed by atoms with Gasteiger partial charge in [-0.1, -0.05) is 37.2 Å². The molecule has 1 unspecified atom stereocenters. The smallest absolute Gasteiger partial charge is 0.292 e. The highest BCUT2D eigenvalue weighted by Gasteiger charge is 2.32. The molecule has 9 heteroatoms. The summed E-state index contributed by atoms with van der Waals surface area (Å²) in [7, 11) is 0. The van der Waals surface area contributed by atoms with Crippen LogP contribution in [0.4, 0.5) is 0 Å². The normalized spacial score (nSPS) is 15.0. The van der Waals surface area contributed by atoms with Crippen molar-refractivity contribution in [1.29, 1.82) is 0 Å². The molecular formula is C22H28N4O5. The first-order valence-corrected chi connectivity index (χ1v) is 10.3. The summed E-state index contributed by atoms with van der Waals surface area (Å²) in [5, 5.41) is 6.53. The summed E-state index contributed by atoms with van der Waals surface area (Å²) in [6.45, 7) is 6.90. The second-order valence-corrected chi connectivity index (χ2v) is 7.84. The summed E-state index contributed by atoms with van der Waals surface area (Å²) in [5.74, 6) is -0.0589. The Kier molecular flexibility index (Phi) is 7.28. The maximum atomic E-state index is 13.0. The van der Waals surface area contributed by atoms with Crippen LogP contribution in [0.2, 0.25) is 0 Å². The van der Waals surface area contributed by atoms with Crippen LogP contribution >= 0.6 is 0 Å². The van der Waals surface area contributed by atoms with E-state index in [0.29, 0.717) is 37.6 Å². The summed E-state index contributed by atoms with van der Waals surface area (Å²) in [6, 6.07) is 9.97. The number of benzene rings is 1. The highest BCUT2D eigenvalue weighted by atomic mass is 16.5. The number of nitrogens with zero attached hydrogens (tertiary/aromatic N) is 3. The van der Waals surface area contributed by atoms with E-state index in [4.69, 9.17) is 9.26 Å². The first kappa shape index (κ1) is 22.3. The molecule has 1 aromatic carbocycles. The molecule has 0 saturated carbocycles. The Bertz CT molecular complexity index is 904. The summed E-state index contributed by atoms with van der Waals surface area (Å²) in [5.41, 5.74) is 0.643. The number of carbonyl (C=O) groups is 3. The van der Waals surface area contributed by atoms with Gasteiger partial charge >= 0.3 is 0 Å². The lowest BCUT2D eigenvalue weighted by Gasteiger charge is -2.36. The van der Waals surface area contributed by atoms with E-state index in [2.05, 4.69) is 10.5 Å². The lowest BCUT2D eigenvalue weighted by molar-refractivity contribution is -0.139.